The maximum atomic E-state index is 15.7. The summed E-state index contributed by atoms with van der Waals surface area (Å²) in [6.07, 6.45) is 8.58. The van der Waals surface area contributed by atoms with Gasteiger partial charge >= 0.3 is 17.9 Å². The van der Waals surface area contributed by atoms with Crippen LogP contribution in [0.5, 0.6) is 0 Å². The number of aliphatic imine (C=N–C) groups is 6. The normalized spacial score (nSPS) is 18.2. The summed E-state index contributed by atoms with van der Waals surface area (Å²) in [5, 5.41) is 28.7. The van der Waals surface area contributed by atoms with Crippen LogP contribution < -0.4 is 65.4 Å². The van der Waals surface area contributed by atoms with E-state index in [-0.39, 0.29) is 144 Å². The molecular weight excluding hydrogens is 1270 g/mol. The number of carboxylic acids is 3. The molecule has 1 aromatic carbocycles. The molecule has 15 N–H and O–H groups in total. The molecule has 3 aliphatic carbocycles. The molecule has 3 saturated heterocycles. The van der Waals surface area contributed by atoms with Crippen molar-refractivity contribution in [2.24, 2.45) is 64.4 Å². The molecule has 36 heteroatoms. The molecule has 33 nitrogen and oxygen atoms in total. The van der Waals surface area contributed by atoms with Crippen molar-refractivity contribution in [2.75, 3.05) is 133 Å². The second kappa shape index (κ2) is 27.3. The number of aromatic nitrogens is 5. The van der Waals surface area contributed by atoms with E-state index in [1.54, 1.807) is 44.3 Å². The van der Waals surface area contributed by atoms with Crippen molar-refractivity contribution >= 4 is 104 Å². The predicted octanol–water partition coefficient (Wildman–Crippen LogP) is -0.106. The first kappa shape index (κ1) is 66.0. The molecule has 512 valence electrons. The van der Waals surface area contributed by atoms with E-state index in [4.69, 9.17) is 34.4 Å². The summed E-state index contributed by atoms with van der Waals surface area (Å²) in [6, 6.07) is 4.71. The Kier molecular flexibility index (Phi) is 18.6. The fourth-order valence-electron chi connectivity index (χ4n) is 12.3. The Labute approximate surface area is 549 Å². The van der Waals surface area contributed by atoms with Crippen molar-refractivity contribution in [2.45, 2.75) is 56.7 Å². The van der Waals surface area contributed by atoms with Crippen LogP contribution in [0.4, 0.5) is 30.5 Å². The van der Waals surface area contributed by atoms with Gasteiger partial charge in [-0.3, -0.25) is 34.3 Å². The smallest absolute Gasteiger partial charge is 0.341 e. The molecule has 6 aliphatic rings. The SMILES string of the molecule is NC(=NCCN(CCN=C(N)/N=C(/N)N1CCN(c2nc3c(cc2F)c(=O)c(C(=O)O)cn3C2CC2)CC1)CCN=C(N)/N=C(/N)N1CCN(c2nc3c(cc2F)c(=O)c(C(=O)O)cn3C2CC2)CC1)/N=C(/N)N1CCN(c2cc3c(cc2F)c(=O)c(C(=O)O)cn3C2CC2)CC1. The third-order valence-corrected chi connectivity index (χ3v) is 18.0. The number of benzene rings is 1. The van der Waals surface area contributed by atoms with Gasteiger partial charge in [0.05, 0.1) is 41.6 Å². The quantitative estimate of drug-likeness (QED) is 0.0400. The number of nitrogens with two attached hydrogens (primary N) is 6. The largest absolute Gasteiger partial charge is 0.477 e. The Morgan fingerprint density at radius 2 is 0.773 bits per heavy atom. The summed E-state index contributed by atoms with van der Waals surface area (Å²) >= 11 is 0. The van der Waals surface area contributed by atoms with E-state index in [9.17, 15) is 44.1 Å². The lowest BCUT2D eigenvalue weighted by molar-refractivity contribution is 0.0684. The van der Waals surface area contributed by atoms with E-state index >= 15 is 13.2 Å². The zero-order chi connectivity index (χ0) is 68.7. The van der Waals surface area contributed by atoms with Gasteiger partial charge in [-0.05, 0) is 62.8 Å². The number of rotatable bonds is 18. The summed E-state index contributed by atoms with van der Waals surface area (Å²) in [6.45, 7) is 4.92. The fourth-order valence-corrected chi connectivity index (χ4v) is 12.3. The predicted molar refractivity (Wildman–Crippen MR) is 358 cm³/mol. The van der Waals surface area contributed by atoms with Gasteiger partial charge in [0.15, 0.2) is 41.1 Å². The molecule has 3 saturated carbocycles. The van der Waals surface area contributed by atoms with E-state index in [2.05, 4.69) is 39.9 Å². The number of guanidine groups is 6. The van der Waals surface area contributed by atoms with E-state index in [1.165, 1.54) is 18.6 Å². The van der Waals surface area contributed by atoms with Crippen LogP contribution in [0.25, 0.3) is 33.0 Å². The first-order chi connectivity index (χ1) is 46.5. The number of nitrogens with zero attached hydrogens (tertiary/aromatic N) is 18. The summed E-state index contributed by atoms with van der Waals surface area (Å²) < 4.78 is 52.1. The number of carbonyl (C=O) groups is 3. The molecule has 6 aromatic rings. The average Bonchev–Trinajstić information content (AvgIpc) is 1.34. The molecule has 0 amide bonds. The lowest BCUT2D eigenvalue weighted by Crippen LogP contribution is -2.52. The third-order valence-electron chi connectivity index (χ3n) is 18.0. The maximum Gasteiger partial charge on any atom is 0.341 e. The number of aromatic carboxylic acids is 3. The van der Waals surface area contributed by atoms with E-state index in [1.807, 2.05) is 9.80 Å². The number of hydrogen-bond acceptors (Lipinski definition) is 15. The number of pyridine rings is 5. The Morgan fingerprint density at radius 1 is 0.454 bits per heavy atom. The van der Waals surface area contributed by atoms with Crippen molar-refractivity contribution in [3.63, 3.8) is 0 Å². The second-order valence-electron chi connectivity index (χ2n) is 24.5. The van der Waals surface area contributed by atoms with Crippen molar-refractivity contribution in [1.29, 1.82) is 0 Å². The molecular formula is C61H73F3N24O9. The molecule has 3 aliphatic heterocycles. The van der Waals surface area contributed by atoms with Crippen LogP contribution >= 0.6 is 0 Å². The van der Waals surface area contributed by atoms with Gasteiger partial charge in [-0.25, -0.2) is 37.5 Å². The topological polar surface area (TPSA) is 457 Å². The zero-order valence-electron chi connectivity index (χ0n) is 52.7. The Hall–Kier alpha value is -11.1. The van der Waals surface area contributed by atoms with Crippen molar-refractivity contribution in [1.82, 2.24) is 43.3 Å². The lowest BCUT2D eigenvalue weighted by Gasteiger charge is -2.36. The van der Waals surface area contributed by atoms with Crippen LogP contribution in [0.15, 0.2) is 87.2 Å². The molecule has 8 heterocycles. The third kappa shape index (κ3) is 14.3. The van der Waals surface area contributed by atoms with E-state index in [0.717, 1.165) is 56.7 Å². The summed E-state index contributed by atoms with van der Waals surface area (Å²) in [5.74, 6) is -6.45. The number of anilines is 3. The highest BCUT2D eigenvalue weighted by atomic mass is 19.1. The van der Waals surface area contributed by atoms with Gasteiger partial charge in [-0.1, -0.05) is 0 Å². The van der Waals surface area contributed by atoms with Crippen molar-refractivity contribution < 1.29 is 42.9 Å². The molecule has 97 heavy (non-hydrogen) atoms. The van der Waals surface area contributed by atoms with Gasteiger partial charge in [-0.2, -0.15) is 15.0 Å². The maximum absolute atomic E-state index is 15.7. The van der Waals surface area contributed by atoms with Crippen LogP contribution in [0.2, 0.25) is 0 Å². The molecule has 0 radical (unpaired) electrons. The number of piperazine rings is 3. The van der Waals surface area contributed by atoms with Crippen LogP contribution in [0, 0.1) is 17.5 Å². The van der Waals surface area contributed by atoms with Gasteiger partial charge < -0.3 is 92.8 Å². The molecule has 0 bridgehead atoms. The van der Waals surface area contributed by atoms with Crippen molar-refractivity contribution in [3.05, 3.63) is 108 Å². The molecule has 5 aromatic heterocycles. The molecule has 6 fully saturated rings. The molecule has 12 rings (SSSR count). The fraction of sp³-hybridized carbons (Fsp3) is 0.443. The zero-order valence-corrected chi connectivity index (χ0v) is 52.7. The minimum absolute atomic E-state index is 0.000147. The van der Waals surface area contributed by atoms with Gasteiger partial charge in [0.2, 0.25) is 34.2 Å². The number of hydrogen-bond donors (Lipinski definition) is 9. The Balaban J connectivity index is 0.679. The number of fused-ring (bicyclic) bond motifs is 3. The average molecular weight is 1340 g/mol. The minimum atomic E-state index is -1.40. The summed E-state index contributed by atoms with van der Waals surface area (Å²) in [5.41, 5.74) is 35.7. The Morgan fingerprint density at radius 3 is 1.12 bits per heavy atom. The first-order valence-electron chi connectivity index (χ1n) is 31.7. The molecule has 0 unspecified atom stereocenters. The monoisotopic (exact) mass is 1340 g/mol. The number of halogens is 3. The number of carboxylic acid groups (broad SMARTS) is 3. The van der Waals surface area contributed by atoms with Gasteiger partial charge in [0, 0.05) is 140 Å². The van der Waals surface area contributed by atoms with Crippen LogP contribution in [0.3, 0.4) is 0 Å². The highest BCUT2D eigenvalue weighted by Gasteiger charge is 2.34. The van der Waals surface area contributed by atoms with Crippen LogP contribution in [0.1, 0.15) is 87.7 Å². The van der Waals surface area contributed by atoms with Gasteiger partial charge in [0.25, 0.3) is 0 Å². The highest BCUT2D eigenvalue weighted by molar-refractivity contribution is 5.97. The first-order valence-corrected chi connectivity index (χ1v) is 31.7. The molecule has 0 atom stereocenters. The second-order valence-corrected chi connectivity index (χ2v) is 24.5. The van der Waals surface area contributed by atoms with Crippen LogP contribution in [-0.2, 0) is 0 Å². The van der Waals surface area contributed by atoms with Crippen LogP contribution in [-0.4, -0.2) is 230 Å². The van der Waals surface area contributed by atoms with Crippen molar-refractivity contribution in [3.8, 4) is 0 Å². The summed E-state index contributed by atoms with van der Waals surface area (Å²) in [4.78, 5) is 123. The van der Waals surface area contributed by atoms with E-state index in [0.29, 0.717) is 77.5 Å². The standard InChI is InChI=1S/C61H73F3N24O9/c62-41-25-35-44(86(32-1-2-32)29-38(46(35)89)53(92)93)28-45(41)80-13-19-83(20-14-80)59(68)76-56(65)71-7-10-79(11-8-72-57(66)77-60(69)84-21-15-81(16-22-84)51-42(63)26-36-47(90)39(54(94)95)30-87(33-3-4-33)49(36)74-51)12-9-73-58(67)78-61(70)85-23-17-82(18-24-85)52-43(64)27-37-48(91)40(55(96)97)31-88(34-5-6-34)50(37)75-52/h25-34H,1-24H2,(H,92,93)(H,94,95)(H,96,97)(H4,65,68,71,76)(H4,66,69,72,77)(H4,67,70,73,78). The minimum Gasteiger partial charge on any atom is -0.477 e. The van der Waals surface area contributed by atoms with E-state index < -0.39 is 68.3 Å². The van der Waals surface area contributed by atoms with Gasteiger partial charge in [0.1, 0.15) is 33.8 Å². The Bertz CT molecular complexity index is 4090. The highest BCUT2D eigenvalue weighted by Crippen LogP contribution is 2.40. The lowest BCUT2D eigenvalue weighted by atomic mass is 10.1. The molecule has 0 spiro atoms. The summed E-state index contributed by atoms with van der Waals surface area (Å²) in [7, 11) is 0. The van der Waals surface area contributed by atoms with Gasteiger partial charge in [-0.15, -0.1) is 0 Å².